The molecule has 1 atom stereocenters. The van der Waals surface area contributed by atoms with Crippen molar-refractivity contribution in [2.75, 3.05) is 6.61 Å². The molecule has 0 spiro atoms. The molecule has 0 aromatic heterocycles. The molecule has 3 heteroatoms. The molecule has 2 nitrogen and oxygen atoms in total. The Balaban J connectivity index is 2.76. The van der Waals surface area contributed by atoms with E-state index in [0.29, 0.717) is 18.8 Å². The standard InChI is InChI=1S/C12H15ClO2/c1-2-11(14)10-6-3-4-7-12(10)15-9-5-8-13/h3-8,11,14H,2,9H2,1H3/b8-5+. The Labute approximate surface area is 95.1 Å². The minimum Gasteiger partial charge on any atom is -0.489 e. The van der Waals surface area contributed by atoms with Crippen LogP contribution in [0.3, 0.4) is 0 Å². The van der Waals surface area contributed by atoms with Gasteiger partial charge in [-0.3, -0.25) is 0 Å². The number of para-hydroxylation sites is 1. The van der Waals surface area contributed by atoms with Crippen molar-refractivity contribution in [1.82, 2.24) is 0 Å². The monoisotopic (exact) mass is 226 g/mol. The summed E-state index contributed by atoms with van der Waals surface area (Å²) in [6, 6.07) is 7.48. The quantitative estimate of drug-likeness (QED) is 0.835. The summed E-state index contributed by atoms with van der Waals surface area (Å²) in [5.74, 6) is 0.710. The second-order valence-corrected chi connectivity index (χ2v) is 3.39. The fourth-order valence-corrected chi connectivity index (χ4v) is 1.35. The Morgan fingerprint density at radius 3 is 2.87 bits per heavy atom. The van der Waals surface area contributed by atoms with Crippen molar-refractivity contribution in [1.29, 1.82) is 0 Å². The largest absolute Gasteiger partial charge is 0.489 e. The highest BCUT2D eigenvalue weighted by Gasteiger charge is 2.10. The minimum atomic E-state index is -0.471. The van der Waals surface area contributed by atoms with Gasteiger partial charge in [-0.2, -0.15) is 0 Å². The number of rotatable bonds is 5. The Morgan fingerprint density at radius 2 is 2.20 bits per heavy atom. The Bertz CT molecular complexity index is 323. The summed E-state index contributed by atoms with van der Waals surface area (Å²) in [5, 5.41) is 9.74. The molecule has 0 fully saturated rings. The predicted molar refractivity (Wildman–Crippen MR) is 62.2 cm³/mol. The second-order valence-electron chi connectivity index (χ2n) is 3.13. The molecular weight excluding hydrogens is 212 g/mol. The highest BCUT2D eigenvalue weighted by Crippen LogP contribution is 2.26. The van der Waals surface area contributed by atoms with Gasteiger partial charge in [0.15, 0.2) is 0 Å². The molecule has 0 saturated carbocycles. The smallest absolute Gasteiger partial charge is 0.125 e. The van der Waals surface area contributed by atoms with Gasteiger partial charge in [0.2, 0.25) is 0 Å². The van der Waals surface area contributed by atoms with Gasteiger partial charge in [-0.1, -0.05) is 36.7 Å². The van der Waals surface area contributed by atoms with Crippen LogP contribution in [-0.4, -0.2) is 11.7 Å². The summed E-state index contributed by atoms with van der Waals surface area (Å²) >= 11 is 5.39. The Morgan fingerprint density at radius 1 is 1.47 bits per heavy atom. The topological polar surface area (TPSA) is 29.5 Å². The van der Waals surface area contributed by atoms with E-state index in [1.54, 1.807) is 6.08 Å². The molecule has 1 N–H and O–H groups in total. The van der Waals surface area contributed by atoms with Gasteiger partial charge in [0.1, 0.15) is 12.4 Å². The van der Waals surface area contributed by atoms with Gasteiger partial charge in [0.25, 0.3) is 0 Å². The molecule has 1 unspecified atom stereocenters. The number of hydrogen-bond donors (Lipinski definition) is 1. The number of aliphatic hydroxyl groups excluding tert-OH is 1. The molecule has 0 aliphatic rings. The van der Waals surface area contributed by atoms with Gasteiger partial charge in [-0.05, 0) is 18.6 Å². The molecule has 1 aromatic carbocycles. The lowest BCUT2D eigenvalue weighted by Gasteiger charge is -2.13. The summed E-state index contributed by atoms with van der Waals surface area (Å²) < 4.78 is 5.47. The molecule has 1 rings (SSSR count). The summed E-state index contributed by atoms with van der Waals surface area (Å²) in [5.41, 5.74) is 2.24. The zero-order chi connectivity index (χ0) is 11.1. The van der Waals surface area contributed by atoms with Crippen molar-refractivity contribution in [3.63, 3.8) is 0 Å². The molecule has 0 amide bonds. The molecule has 0 aliphatic carbocycles. The summed E-state index contributed by atoms with van der Waals surface area (Å²) in [6.07, 6.45) is 1.91. The van der Waals surface area contributed by atoms with E-state index in [-0.39, 0.29) is 0 Å². The third-order valence-electron chi connectivity index (χ3n) is 2.09. The van der Waals surface area contributed by atoms with Gasteiger partial charge >= 0.3 is 0 Å². The van der Waals surface area contributed by atoms with Crippen LogP contribution in [-0.2, 0) is 0 Å². The van der Waals surface area contributed by atoms with Crippen LogP contribution < -0.4 is 4.74 Å². The van der Waals surface area contributed by atoms with Crippen molar-refractivity contribution in [3.05, 3.63) is 41.4 Å². The molecule has 0 radical (unpaired) electrons. The van der Waals surface area contributed by atoms with E-state index >= 15 is 0 Å². The number of halogens is 1. The third kappa shape index (κ3) is 3.57. The summed E-state index contributed by atoms with van der Waals surface area (Å²) in [7, 11) is 0. The van der Waals surface area contributed by atoms with E-state index in [4.69, 9.17) is 16.3 Å². The molecule has 82 valence electrons. The number of aliphatic hydroxyl groups is 1. The van der Waals surface area contributed by atoms with Crippen LogP contribution in [0.2, 0.25) is 0 Å². The fourth-order valence-electron chi connectivity index (χ4n) is 1.28. The van der Waals surface area contributed by atoms with Gasteiger partial charge in [0, 0.05) is 11.1 Å². The molecular formula is C12H15ClO2. The van der Waals surface area contributed by atoms with Crippen molar-refractivity contribution < 1.29 is 9.84 Å². The highest BCUT2D eigenvalue weighted by molar-refractivity contribution is 6.25. The second kappa shape index (κ2) is 6.49. The maximum absolute atomic E-state index is 9.74. The van der Waals surface area contributed by atoms with Crippen LogP contribution in [0.1, 0.15) is 25.0 Å². The lowest BCUT2D eigenvalue weighted by atomic mass is 10.1. The van der Waals surface area contributed by atoms with Crippen molar-refractivity contribution >= 4 is 11.6 Å². The normalized spacial score (nSPS) is 13.0. The maximum atomic E-state index is 9.74. The van der Waals surface area contributed by atoms with Gasteiger partial charge in [-0.25, -0.2) is 0 Å². The van der Waals surface area contributed by atoms with E-state index in [9.17, 15) is 5.11 Å². The SMILES string of the molecule is CCC(O)c1ccccc1OC/C=C/Cl. The summed E-state index contributed by atoms with van der Waals surface area (Å²) in [4.78, 5) is 0. The van der Waals surface area contributed by atoms with E-state index in [1.807, 2.05) is 31.2 Å². The number of benzene rings is 1. The molecule has 0 saturated heterocycles. The predicted octanol–water partition coefficient (Wildman–Crippen LogP) is 3.26. The Kier molecular flexibility index (Phi) is 5.22. The molecule has 0 aliphatic heterocycles. The number of ether oxygens (including phenoxy) is 1. The average Bonchev–Trinajstić information content (AvgIpc) is 2.29. The first-order valence-electron chi connectivity index (χ1n) is 4.94. The van der Waals surface area contributed by atoms with Crippen LogP contribution in [0.15, 0.2) is 35.9 Å². The van der Waals surface area contributed by atoms with E-state index < -0.39 is 6.10 Å². The van der Waals surface area contributed by atoms with E-state index in [1.165, 1.54) is 5.54 Å². The first kappa shape index (κ1) is 12.1. The third-order valence-corrected chi connectivity index (χ3v) is 2.27. The first-order chi connectivity index (χ1) is 7.29. The van der Waals surface area contributed by atoms with Crippen LogP contribution in [0, 0.1) is 0 Å². The minimum absolute atomic E-state index is 0.414. The van der Waals surface area contributed by atoms with Crippen molar-refractivity contribution in [2.45, 2.75) is 19.4 Å². The van der Waals surface area contributed by atoms with Crippen LogP contribution in [0.25, 0.3) is 0 Å². The fraction of sp³-hybridized carbons (Fsp3) is 0.333. The lowest BCUT2D eigenvalue weighted by molar-refractivity contribution is 0.168. The lowest BCUT2D eigenvalue weighted by Crippen LogP contribution is -2.01. The molecule has 1 aromatic rings. The number of hydrogen-bond acceptors (Lipinski definition) is 2. The van der Waals surface area contributed by atoms with Crippen molar-refractivity contribution in [3.8, 4) is 5.75 Å². The zero-order valence-corrected chi connectivity index (χ0v) is 9.45. The average molecular weight is 227 g/mol. The van der Waals surface area contributed by atoms with Crippen molar-refractivity contribution in [2.24, 2.45) is 0 Å². The van der Waals surface area contributed by atoms with Gasteiger partial charge in [0.05, 0.1) is 6.10 Å². The zero-order valence-electron chi connectivity index (χ0n) is 8.69. The maximum Gasteiger partial charge on any atom is 0.125 e. The molecule has 0 heterocycles. The first-order valence-corrected chi connectivity index (χ1v) is 5.38. The summed E-state index contributed by atoms with van der Waals surface area (Å²) in [6.45, 7) is 2.34. The van der Waals surface area contributed by atoms with Gasteiger partial charge < -0.3 is 9.84 Å². The van der Waals surface area contributed by atoms with E-state index in [0.717, 1.165) is 5.56 Å². The molecule has 0 bridgehead atoms. The van der Waals surface area contributed by atoms with Crippen LogP contribution in [0.4, 0.5) is 0 Å². The van der Waals surface area contributed by atoms with Gasteiger partial charge in [-0.15, -0.1) is 0 Å². The highest BCUT2D eigenvalue weighted by atomic mass is 35.5. The van der Waals surface area contributed by atoms with Crippen LogP contribution in [0.5, 0.6) is 5.75 Å². The van der Waals surface area contributed by atoms with Crippen LogP contribution >= 0.6 is 11.6 Å². The molecule has 15 heavy (non-hydrogen) atoms. The van der Waals surface area contributed by atoms with E-state index in [2.05, 4.69) is 0 Å². The Hall–Kier alpha value is -0.990.